The molecule has 0 atom stereocenters. The molecule has 0 spiro atoms. The predicted octanol–water partition coefficient (Wildman–Crippen LogP) is 1.82. The predicted molar refractivity (Wildman–Crippen MR) is 80.2 cm³/mol. The zero-order valence-electron chi connectivity index (χ0n) is 12.8. The minimum absolute atomic E-state index is 0.173. The van der Waals surface area contributed by atoms with Crippen molar-refractivity contribution < 1.29 is 4.52 Å². The van der Waals surface area contributed by atoms with Gasteiger partial charge in [0, 0.05) is 12.7 Å². The van der Waals surface area contributed by atoms with Crippen molar-refractivity contribution in [2.45, 2.75) is 20.8 Å². The van der Waals surface area contributed by atoms with Crippen molar-refractivity contribution in [2.24, 2.45) is 7.05 Å². The highest BCUT2D eigenvalue weighted by Crippen LogP contribution is 2.20. The van der Waals surface area contributed by atoms with Gasteiger partial charge in [0.05, 0.1) is 5.69 Å². The second kappa shape index (κ2) is 5.18. The van der Waals surface area contributed by atoms with Gasteiger partial charge in [-0.15, -0.1) is 5.10 Å². The maximum atomic E-state index is 12.3. The summed E-state index contributed by atoms with van der Waals surface area (Å²) in [6.45, 7) is 5.67. The number of aryl methyl sites for hydroxylation is 2. The highest BCUT2D eigenvalue weighted by atomic mass is 16.5. The molecule has 0 fully saturated rings. The van der Waals surface area contributed by atoms with Gasteiger partial charge in [-0.05, 0) is 44.5 Å². The third-order valence-corrected chi connectivity index (χ3v) is 3.65. The molecule has 7 heteroatoms. The number of rotatable bonds is 2. The standard InChI is InChI=1S/C15H15N5O2/c1-8-7-11(15(21)20(4)10(8)3)14-16-13(19-22-14)12-6-5-9(2)17-18-12/h5-7H,1-4H3. The van der Waals surface area contributed by atoms with E-state index < -0.39 is 0 Å². The molecule has 22 heavy (non-hydrogen) atoms. The molecule has 0 aromatic carbocycles. The van der Waals surface area contributed by atoms with Crippen molar-refractivity contribution in [3.63, 3.8) is 0 Å². The van der Waals surface area contributed by atoms with Gasteiger partial charge in [0.25, 0.3) is 11.4 Å². The second-order valence-electron chi connectivity index (χ2n) is 5.17. The summed E-state index contributed by atoms with van der Waals surface area (Å²) >= 11 is 0. The van der Waals surface area contributed by atoms with Crippen LogP contribution >= 0.6 is 0 Å². The zero-order chi connectivity index (χ0) is 15.9. The minimum atomic E-state index is -0.173. The van der Waals surface area contributed by atoms with Gasteiger partial charge in [-0.25, -0.2) is 0 Å². The molecule has 3 aromatic heterocycles. The summed E-state index contributed by atoms with van der Waals surface area (Å²) < 4.78 is 6.79. The fraction of sp³-hybridized carbons (Fsp3) is 0.267. The van der Waals surface area contributed by atoms with Crippen LogP contribution in [0.25, 0.3) is 23.0 Å². The topological polar surface area (TPSA) is 86.7 Å². The summed E-state index contributed by atoms with van der Waals surface area (Å²) in [7, 11) is 1.72. The summed E-state index contributed by atoms with van der Waals surface area (Å²) in [5.41, 5.74) is 3.39. The number of nitrogens with zero attached hydrogens (tertiary/aromatic N) is 5. The molecule has 7 nitrogen and oxygen atoms in total. The van der Waals surface area contributed by atoms with E-state index in [2.05, 4.69) is 20.3 Å². The van der Waals surface area contributed by atoms with Crippen LogP contribution in [0.1, 0.15) is 17.0 Å². The van der Waals surface area contributed by atoms with E-state index in [9.17, 15) is 4.79 Å². The van der Waals surface area contributed by atoms with E-state index in [0.717, 1.165) is 17.0 Å². The molecule has 3 rings (SSSR count). The Hall–Kier alpha value is -2.83. The van der Waals surface area contributed by atoms with Gasteiger partial charge in [-0.2, -0.15) is 10.1 Å². The van der Waals surface area contributed by atoms with E-state index in [4.69, 9.17) is 4.52 Å². The van der Waals surface area contributed by atoms with Crippen molar-refractivity contribution in [1.29, 1.82) is 0 Å². The summed E-state index contributed by atoms with van der Waals surface area (Å²) in [6.07, 6.45) is 0. The van der Waals surface area contributed by atoms with Gasteiger partial charge in [0.1, 0.15) is 11.3 Å². The fourth-order valence-corrected chi connectivity index (χ4v) is 2.09. The molecule has 0 amide bonds. The lowest BCUT2D eigenvalue weighted by atomic mass is 10.1. The lowest BCUT2D eigenvalue weighted by molar-refractivity contribution is 0.431. The zero-order valence-corrected chi connectivity index (χ0v) is 12.8. The first kappa shape index (κ1) is 14.1. The van der Waals surface area contributed by atoms with E-state index >= 15 is 0 Å². The Kier molecular flexibility index (Phi) is 3.32. The molecule has 3 aromatic rings. The van der Waals surface area contributed by atoms with Crippen molar-refractivity contribution >= 4 is 0 Å². The molecular weight excluding hydrogens is 282 g/mol. The van der Waals surface area contributed by atoms with Crippen molar-refractivity contribution in [3.05, 3.63) is 45.5 Å². The van der Waals surface area contributed by atoms with Crippen molar-refractivity contribution in [1.82, 2.24) is 24.9 Å². The van der Waals surface area contributed by atoms with E-state index in [-0.39, 0.29) is 11.4 Å². The van der Waals surface area contributed by atoms with Crippen LogP contribution in [0, 0.1) is 20.8 Å². The van der Waals surface area contributed by atoms with Crippen LogP contribution in [0.4, 0.5) is 0 Å². The number of hydrogen-bond acceptors (Lipinski definition) is 6. The normalized spacial score (nSPS) is 10.9. The highest BCUT2D eigenvalue weighted by Gasteiger charge is 2.17. The van der Waals surface area contributed by atoms with E-state index in [1.54, 1.807) is 23.7 Å². The summed E-state index contributed by atoms with van der Waals surface area (Å²) in [5.74, 6) is 0.490. The molecule has 0 aliphatic heterocycles. The van der Waals surface area contributed by atoms with Gasteiger partial charge in [0.2, 0.25) is 5.82 Å². The first-order valence-electron chi connectivity index (χ1n) is 6.79. The summed E-state index contributed by atoms with van der Waals surface area (Å²) in [4.78, 5) is 16.6. The monoisotopic (exact) mass is 297 g/mol. The quantitative estimate of drug-likeness (QED) is 0.717. The van der Waals surface area contributed by atoms with Crippen LogP contribution in [0.5, 0.6) is 0 Å². The van der Waals surface area contributed by atoms with Gasteiger partial charge >= 0.3 is 0 Å². The van der Waals surface area contributed by atoms with E-state index in [1.807, 2.05) is 26.8 Å². The van der Waals surface area contributed by atoms with Crippen LogP contribution in [-0.2, 0) is 7.05 Å². The van der Waals surface area contributed by atoms with E-state index in [0.29, 0.717) is 17.1 Å². The van der Waals surface area contributed by atoms with Crippen LogP contribution in [-0.4, -0.2) is 24.9 Å². The number of hydrogen-bond donors (Lipinski definition) is 0. The van der Waals surface area contributed by atoms with E-state index in [1.165, 1.54) is 0 Å². The number of aromatic nitrogens is 5. The van der Waals surface area contributed by atoms with Gasteiger partial charge in [-0.1, -0.05) is 5.16 Å². The molecule has 0 bridgehead atoms. The van der Waals surface area contributed by atoms with Gasteiger partial charge in [-0.3, -0.25) is 4.79 Å². The molecule has 0 saturated heterocycles. The minimum Gasteiger partial charge on any atom is -0.333 e. The maximum Gasteiger partial charge on any atom is 0.263 e. The van der Waals surface area contributed by atoms with Crippen LogP contribution in [0.2, 0.25) is 0 Å². The second-order valence-corrected chi connectivity index (χ2v) is 5.17. The Labute approximate surface area is 126 Å². The SMILES string of the molecule is Cc1ccc(-c2noc(-c3cc(C)c(C)n(C)c3=O)n2)nn1. The molecule has 0 unspecified atom stereocenters. The van der Waals surface area contributed by atoms with Crippen LogP contribution in [0.15, 0.2) is 27.5 Å². The van der Waals surface area contributed by atoms with Gasteiger partial charge in [0.15, 0.2) is 0 Å². The van der Waals surface area contributed by atoms with Crippen molar-refractivity contribution in [3.8, 4) is 23.0 Å². The van der Waals surface area contributed by atoms with Crippen LogP contribution in [0.3, 0.4) is 0 Å². The Morgan fingerprint density at radius 3 is 2.59 bits per heavy atom. The average molecular weight is 297 g/mol. The maximum absolute atomic E-state index is 12.3. The van der Waals surface area contributed by atoms with Crippen molar-refractivity contribution in [2.75, 3.05) is 0 Å². The molecule has 3 heterocycles. The lowest BCUT2D eigenvalue weighted by Crippen LogP contribution is -2.21. The lowest BCUT2D eigenvalue weighted by Gasteiger charge is -2.07. The largest absolute Gasteiger partial charge is 0.333 e. The Bertz CT molecular complexity index is 893. The Morgan fingerprint density at radius 2 is 1.91 bits per heavy atom. The summed E-state index contributed by atoms with van der Waals surface area (Å²) in [5, 5.41) is 11.8. The molecule has 0 N–H and O–H groups in total. The fourth-order valence-electron chi connectivity index (χ4n) is 2.09. The Morgan fingerprint density at radius 1 is 1.14 bits per heavy atom. The molecule has 0 aliphatic rings. The molecular formula is C15H15N5O2. The molecule has 0 radical (unpaired) electrons. The third kappa shape index (κ3) is 2.30. The third-order valence-electron chi connectivity index (χ3n) is 3.65. The van der Waals surface area contributed by atoms with Crippen LogP contribution < -0.4 is 5.56 Å². The number of pyridine rings is 1. The highest BCUT2D eigenvalue weighted by molar-refractivity contribution is 5.57. The smallest absolute Gasteiger partial charge is 0.263 e. The Balaban J connectivity index is 2.08. The molecule has 0 aliphatic carbocycles. The summed E-state index contributed by atoms with van der Waals surface area (Å²) in [6, 6.07) is 5.33. The van der Waals surface area contributed by atoms with Gasteiger partial charge < -0.3 is 9.09 Å². The average Bonchev–Trinajstić information content (AvgIpc) is 2.99. The first-order chi connectivity index (χ1) is 10.5. The molecule has 112 valence electrons. The molecule has 0 saturated carbocycles. The first-order valence-corrected chi connectivity index (χ1v) is 6.79.